The zero-order valence-corrected chi connectivity index (χ0v) is 20.1. The van der Waals surface area contributed by atoms with Crippen LogP contribution in [0.3, 0.4) is 0 Å². The first-order valence-corrected chi connectivity index (χ1v) is 12.7. The molecule has 3 unspecified atom stereocenters. The summed E-state index contributed by atoms with van der Waals surface area (Å²) in [6, 6.07) is 34.0. The Balaban J connectivity index is 1.69. The average Bonchev–Trinajstić information content (AvgIpc) is 3.06. The molecule has 3 atom stereocenters. The molecule has 4 aromatic rings. The predicted octanol–water partition coefficient (Wildman–Crippen LogP) is 8.43. The molecule has 1 spiro atoms. The summed E-state index contributed by atoms with van der Waals surface area (Å²) in [7, 11) is 0. The van der Waals surface area contributed by atoms with E-state index in [9.17, 15) is 0 Å². The molecule has 0 saturated heterocycles. The van der Waals surface area contributed by atoms with E-state index in [1.807, 2.05) is 11.8 Å². The summed E-state index contributed by atoms with van der Waals surface area (Å²) >= 11 is 5.71. The maximum atomic E-state index is 3.80. The van der Waals surface area contributed by atoms with E-state index >= 15 is 0 Å². The predicted molar refractivity (Wildman–Crippen MR) is 136 cm³/mol. The number of rotatable bonds is 0. The Hall–Kier alpha value is -2.55. The highest BCUT2D eigenvalue weighted by atomic mass is 79.9. The van der Waals surface area contributed by atoms with Crippen molar-refractivity contribution in [2.75, 3.05) is 0 Å². The molecule has 1 heterocycles. The van der Waals surface area contributed by atoms with Gasteiger partial charge < -0.3 is 0 Å². The second-order valence-corrected chi connectivity index (χ2v) is 11.3. The second-order valence-electron chi connectivity index (χ2n) is 9.25. The zero-order valence-electron chi connectivity index (χ0n) is 17.7. The Morgan fingerprint density at radius 2 is 1.41 bits per heavy atom. The number of benzene rings is 4. The Kier molecular flexibility index (Phi) is 3.85. The van der Waals surface area contributed by atoms with Gasteiger partial charge in [-0.2, -0.15) is 0 Å². The van der Waals surface area contributed by atoms with E-state index in [-0.39, 0.29) is 10.8 Å². The van der Waals surface area contributed by atoms with Gasteiger partial charge in [-0.3, -0.25) is 0 Å². The van der Waals surface area contributed by atoms with E-state index in [2.05, 4.69) is 126 Å². The SMILES string of the molecule is CC12C=Cc3ccccc3C1c1ccccc1C21c2ccccc2Sc2ccc(Br)cc21. The van der Waals surface area contributed by atoms with E-state index in [1.165, 1.54) is 43.2 Å². The molecule has 7 rings (SSSR count). The minimum atomic E-state index is -0.251. The van der Waals surface area contributed by atoms with Crippen LogP contribution in [0.2, 0.25) is 0 Å². The number of hydrogen-bond donors (Lipinski definition) is 0. The molecule has 0 amide bonds. The fourth-order valence-electron chi connectivity index (χ4n) is 6.70. The molecule has 0 N–H and O–H groups in total. The normalized spacial score (nSPS) is 26.1. The molecule has 4 aromatic carbocycles. The summed E-state index contributed by atoms with van der Waals surface area (Å²) in [6.07, 6.45) is 4.87. The van der Waals surface area contributed by atoms with Gasteiger partial charge in [-0.15, -0.1) is 0 Å². The fraction of sp³-hybridized carbons (Fsp3) is 0.133. The third-order valence-corrected chi connectivity index (χ3v) is 9.50. The van der Waals surface area contributed by atoms with Crippen LogP contribution in [0, 0.1) is 5.41 Å². The largest absolute Gasteiger partial charge is 0.0894 e. The van der Waals surface area contributed by atoms with Gasteiger partial charge in [-0.25, -0.2) is 0 Å². The Bertz CT molecular complexity index is 1450. The average molecular weight is 493 g/mol. The highest BCUT2D eigenvalue weighted by Gasteiger charge is 2.63. The Morgan fingerprint density at radius 3 is 2.28 bits per heavy atom. The van der Waals surface area contributed by atoms with Crippen LogP contribution in [0.5, 0.6) is 0 Å². The van der Waals surface area contributed by atoms with E-state index < -0.39 is 0 Å². The third-order valence-electron chi connectivity index (χ3n) is 7.86. The van der Waals surface area contributed by atoms with Gasteiger partial charge in [-0.05, 0) is 57.6 Å². The van der Waals surface area contributed by atoms with Crippen molar-refractivity contribution < 1.29 is 0 Å². The zero-order chi connectivity index (χ0) is 21.5. The van der Waals surface area contributed by atoms with E-state index in [1.54, 1.807) is 0 Å². The lowest BCUT2D eigenvalue weighted by Gasteiger charge is -2.51. The molecule has 2 aliphatic carbocycles. The number of allylic oxidation sites excluding steroid dienone is 1. The maximum Gasteiger partial charge on any atom is 0.0573 e. The van der Waals surface area contributed by atoms with Gasteiger partial charge in [0.2, 0.25) is 0 Å². The first kappa shape index (κ1) is 19.0. The van der Waals surface area contributed by atoms with E-state index in [0.29, 0.717) is 5.92 Å². The minimum Gasteiger partial charge on any atom is -0.0894 e. The monoisotopic (exact) mass is 492 g/mol. The van der Waals surface area contributed by atoms with Gasteiger partial charge in [0.25, 0.3) is 0 Å². The second kappa shape index (κ2) is 6.50. The van der Waals surface area contributed by atoms with Crippen molar-refractivity contribution in [1.29, 1.82) is 0 Å². The molecule has 3 aliphatic rings. The summed E-state index contributed by atoms with van der Waals surface area (Å²) in [4.78, 5) is 2.72. The molecular weight excluding hydrogens is 472 g/mol. The minimum absolute atomic E-state index is 0.127. The molecule has 0 nitrogen and oxygen atoms in total. The summed E-state index contributed by atoms with van der Waals surface area (Å²) in [6.45, 7) is 2.49. The summed E-state index contributed by atoms with van der Waals surface area (Å²) in [5.41, 5.74) is 8.15. The van der Waals surface area contributed by atoms with Crippen LogP contribution >= 0.6 is 27.7 Å². The van der Waals surface area contributed by atoms with Crippen molar-refractivity contribution in [1.82, 2.24) is 0 Å². The van der Waals surface area contributed by atoms with Crippen molar-refractivity contribution >= 4 is 33.8 Å². The van der Waals surface area contributed by atoms with Gasteiger partial charge in [0.15, 0.2) is 0 Å². The first-order chi connectivity index (χ1) is 15.6. The molecule has 154 valence electrons. The summed E-state index contributed by atoms with van der Waals surface area (Å²) in [5, 5.41) is 0. The van der Waals surface area contributed by atoms with Crippen LogP contribution in [0.4, 0.5) is 0 Å². The van der Waals surface area contributed by atoms with Crippen LogP contribution in [-0.2, 0) is 5.41 Å². The Labute approximate surface area is 201 Å². The summed E-state index contributed by atoms with van der Waals surface area (Å²) in [5.74, 6) is 0.308. The van der Waals surface area contributed by atoms with Crippen LogP contribution in [0.1, 0.15) is 46.2 Å². The topological polar surface area (TPSA) is 0 Å². The van der Waals surface area contributed by atoms with Crippen molar-refractivity contribution in [3.8, 4) is 0 Å². The standard InChI is InChI=1S/C30H21BrS/c1-29-17-16-19-8-2-3-9-21(19)28(29)22-10-4-5-11-23(22)30(29)24-12-6-7-13-26(24)32-27-15-14-20(31)18-25(27)30/h2-18,28H,1H3. The number of hydrogen-bond acceptors (Lipinski definition) is 1. The maximum absolute atomic E-state index is 3.80. The van der Waals surface area contributed by atoms with Crippen LogP contribution < -0.4 is 0 Å². The molecule has 32 heavy (non-hydrogen) atoms. The van der Waals surface area contributed by atoms with Crippen LogP contribution in [0.15, 0.2) is 111 Å². The molecular formula is C30H21BrS. The van der Waals surface area contributed by atoms with Crippen molar-refractivity contribution in [3.05, 3.63) is 135 Å². The lowest BCUT2D eigenvalue weighted by atomic mass is 9.53. The lowest BCUT2D eigenvalue weighted by molar-refractivity contribution is 0.277. The third kappa shape index (κ3) is 2.15. The van der Waals surface area contributed by atoms with E-state index in [0.717, 1.165) is 4.47 Å². The smallest absolute Gasteiger partial charge is 0.0573 e. The molecule has 2 heteroatoms. The molecule has 0 aromatic heterocycles. The van der Waals surface area contributed by atoms with Gasteiger partial charge in [0.1, 0.15) is 0 Å². The molecule has 0 saturated carbocycles. The van der Waals surface area contributed by atoms with Gasteiger partial charge in [0.05, 0.1) is 5.41 Å². The van der Waals surface area contributed by atoms with Crippen molar-refractivity contribution in [3.63, 3.8) is 0 Å². The fourth-order valence-corrected chi connectivity index (χ4v) is 8.24. The van der Waals surface area contributed by atoms with Crippen molar-refractivity contribution in [2.24, 2.45) is 5.41 Å². The lowest BCUT2D eigenvalue weighted by Crippen LogP contribution is -2.46. The summed E-state index contributed by atoms with van der Waals surface area (Å²) < 4.78 is 1.14. The highest BCUT2D eigenvalue weighted by molar-refractivity contribution is 9.10. The van der Waals surface area contributed by atoms with Gasteiger partial charge in [0, 0.05) is 25.6 Å². The molecule has 0 bridgehead atoms. The van der Waals surface area contributed by atoms with Crippen molar-refractivity contribution in [2.45, 2.75) is 28.0 Å². The quantitative estimate of drug-likeness (QED) is 0.237. The van der Waals surface area contributed by atoms with Gasteiger partial charge in [-0.1, -0.05) is 113 Å². The molecule has 1 aliphatic heterocycles. The Morgan fingerprint density at radius 1 is 0.719 bits per heavy atom. The van der Waals surface area contributed by atoms with Crippen LogP contribution in [-0.4, -0.2) is 0 Å². The molecule has 0 radical (unpaired) electrons. The van der Waals surface area contributed by atoms with Gasteiger partial charge >= 0.3 is 0 Å². The van der Waals surface area contributed by atoms with Crippen LogP contribution in [0.25, 0.3) is 6.08 Å². The number of halogens is 1. The highest BCUT2D eigenvalue weighted by Crippen LogP contribution is 2.71. The molecule has 0 fully saturated rings. The number of fused-ring (bicyclic) bond motifs is 11. The first-order valence-electron chi connectivity index (χ1n) is 11.1. The van der Waals surface area contributed by atoms with E-state index in [4.69, 9.17) is 0 Å².